The zero-order chi connectivity index (χ0) is 15.3. The van der Waals surface area contributed by atoms with Crippen molar-refractivity contribution in [1.82, 2.24) is 0 Å². The molecule has 110 valence electrons. The Balaban J connectivity index is 2.93. The molecule has 0 heterocycles. The molecule has 0 bridgehead atoms. The first-order chi connectivity index (χ1) is 9.20. The van der Waals surface area contributed by atoms with Crippen molar-refractivity contribution in [2.45, 2.75) is 24.5 Å². The second kappa shape index (κ2) is 7.11. The minimum Gasteiger partial charge on any atom is -0.516 e. The van der Waals surface area contributed by atoms with E-state index in [1.165, 1.54) is 12.1 Å². The Bertz CT molecular complexity index is 497. The van der Waals surface area contributed by atoms with Gasteiger partial charge >= 0.3 is 11.9 Å². The van der Waals surface area contributed by atoms with Crippen molar-refractivity contribution in [1.29, 1.82) is 0 Å². The zero-order valence-electron chi connectivity index (χ0n) is 11.5. The van der Waals surface area contributed by atoms with Gasteiger partial charge in [-0.1, -0.05) is 12.1 Å². The van der Waals surface area contributed by atoms with Crippen LogP contribution < -0.4 is 0 Å². The molecule has 0 aliphatic rings. The third-order valence-corrected chi connectivity index (χ3v) is 3.16. The molecule has 0 unspecified atom stereocenters. The van der Waals surface area contributed by atoms with Gasteiger partial charge in [0.05, 0.1) is 11.1 Å². The van der Waals surface area contributed by atoms with Gasteiger partial charge in [-0.15, -0.1) is 23.2 Å². The van der Waals surface area contributed by atoms with Crippen LogP contribution in [-0.4, -0.2) is 31.7 Å². The van der Waals surface area contributed by atoms with Crippen LogP contribution in [0.4, 0.5) is 0 Å². The minimum absolute atomic E-state index is 0.140. The van der Waals surface area contributed by atoms with Gasteiger partial charge in [0.1, 0.15) is 11.4 Å². The summed E-state index contributed by atoms with van der Waals surface area (Å²) in [5.41, 5.74) is 0.324. The molecule has 0 aliphatic carbocycles. The molecule has 0 amide bonds. The molecule has 0 saturated heterocycles. The van der Waals surface area contributed by atoms with Crippen LogP contribution in [0, 0.1) is 0 Å². The summed E-state index contributed by atoms with van der Waals surface area (Å²) in [6.07, 6.45) is 0. The molecule has 0 fully saturated rings. The van der Waals surface area contributed by atoms with Gasteiger partial charge in [-0.2, -0.15) is 0 Å². The number of alkyl halides is 2. The number of benzene rings is 1. The van der Waals surface area contributed by atoms with Gasteiger partial charge in [0.15, 0.2) is 0 Å². The van der Waals surface area contributed by atoms with E-state index in [0.717, 1.165) is 0 Å². The third kappa shape index (κ3) is 5.52. The summed E-state index contributed by atoms with van der Waals surface area (Å²) in [6.45, 7) is 5.52. The van der Waals surface area contributed by atoms with Crippen LogP contribution in [-0.2, 0) is 9.16 Å². The van der Waals surface area contributed by atoms with Crippen LogP contribution >= 0.6 is 23.2 Å². The van der Waals surface area contributed by atoms with Crippen LogP contribution in [0.2, 0.25) is 19.6 Å². The lowest BCUT2D eigenvalue weighted by Crippen LogP contribution is -2.30. The Labute approximate surface area is 129 Å². The van der Waals surface area contributed by atoms with Crippen molar-refractivity contribution in [2.75, 3.05) is 6.61 Å². The molecule has 0 radical (unpaired) electrons. The van der Waals surface area contributed by atoms with Gasteiger partial charge < -0.3 is 9.16 Å². The van der Waals surface area contributed by atoms with E-state index in [0.29, 0.717) is 0 Å². The Kier molecular flexibility index (Phi) is 6.04. The molecule has 20 heavy (non-hydrogen) atoms. The van der Waals surface area contributed by atoms with E-state index in [4.69, 9.17) is 32.4 Å². The molecule has 0 spiro atoms. The lowest BCUT2D eigenvalue weighted by Gasteiger charge is -2.18. The van der Waals surface area contributed by atoms with Crippen molar-refractivity contribution in [3.8, 4) is 0 Å². The quantitative estimate of drug-likeness (QED) is 0.468. The van der Waals surface area contributed by atoms with Crippen LogP contribution in [0.15, 0.2) is 24.3 Å². The smallest absolute Gasteiger partial charge is 0.339 e. The average Bonchev–Trinajstić information content (AvgIpc) is 2.33. The molecule has 1 aromatic carbocycles. The van der Waals surface area contributed by atoms with Crippen molar-refractivity contribution in [3.63, 3.8) is 0 Å². The van der Waals surface area contributed by atoms with Crippen molar-refractivity contribution in [2.24, 2.45) is 0 Å². The molecule has 0 N–H and O–H groups in total. The lowest BCUT2D eigenvalue weighted by molar-refractivity contribution is 0.0511. The maximum absolute atomic E-state index is 12.1. The first kappa shape index (κ1) is 17.0. The summed E-state index contributed by atoms with van der Waals surface area (Å²) in [6, 6.07) is 6.32. The molecule has 0 aromatic heterocycles. The molecule has 0 aliphatic heterocycles. The molecule has 0 saturated carbocycles. The van der Waals surface area contributed by atoms with Crippen molar-refractivity contribution in [3.05, 3.63) is 35.4 Å². The highest BCUT2D eigenvalue weighted by atomic mass is 35.5. The minimum atomic E-state index is -2.04. The third-order valence-electron chi connectivity index (χ3n) is 2.11. The first-order valence-corrected chi connectivity index (χ1v) is 10.3. The second-order valence-corrected chi connectivity index (χ2v) is 10.7. The number of hydrogen-bond acceptors (Lipinski definition) is 4. The van der Waals surface area contributed by atoms with Gasteiger partial charge in [-0.05, 0) is 31.8 Å². The van der Waals surface area contributed by atoms with E-state index < -0.39 is 25.1 Å². The number of rotatable bonds is 5. The largest absolute Gasteiger partial charge is 0.516 e. The van der Waals surface area contributed by atoms with E-state index in [9.17, 15) is 9.59 Å². The van der Waals surface area contributed by atoms with Gasteiger partial charge in [0.25, 0.3) is 0 Å². The standard InChI is InChI=1S/C13H16Cl2O4Si/c1-20(2,3)19-13(17)10-7-5-4-6-9(10)12(16)18-8-11(14)15/h4-7,11H,8H2,1-3H3. The van der Waals surface area contributed by atoms with E-state index in [-0.39, 0.29) is 17.7 Å². The summed E-state index contributed by atoms with van der Waals surface area (Å²) in [5.74, 6) is -1.18. The van der Waals surface area contributed by atoms with E-state index in [2.05, 4.69) is 0 Å². The van der Waals surface area contributed by atoms with E-state index in [1.807, 2.05) is 19.6 Å². The monoisotopic (exact) mass is 334 g/mol. The SMILES string of the molecule is C[Si](C)(C)OC(=O)c1ccccc1C(=O)OCC(Cl)Cl. The normalized spacial score (nSPS) is 11.3. The number of esters is 1. The molecule has 1 aromatic rings. The number of ether oxygens (including phenoxy) is 1. The predicted octanol–water partition coefficient (Wildman–Crippen LogP) is 3.64. The number of hydrogen-bond donors (Lipinski definition) is 0. The Hall–Kier alpha value is -1.04. The van der Waals surface area contributed by atoms with E-state index >= 15 is 0 Å². The number of carbonyl (C=O) groups is 2. The van der Waals surface area contributed by atoms with Crippen molar-refractivity contribution < 1.29 is 18.8 Å². The Morgan fingerprint density at radius 2 is 1.60 bits per heavy atom. The van der Waals surface area contributed by atoms with Crippen molar-refractivity contribution >= 4 is 43.5 Å². The molecule has 1 rings (SSSR count). The first-order valence-electron chi connectivity index (χ1n) is 5.98. The summed E-state index contributed by atoms with van der Waals surface area (Å²) in [5, 5.41) is 0. The van der Waals surface area contributed by atoms with Crippen LogP contribution in [0.3, 0.4) is 0 Å². The molecule has 7 heteroatoms. The van der Waals surface area contributed by atoms with Gasteiger partial charge in [0.2, 0.25) is 8.32 Å². The van der Waals surface area contributed by atoms with Crippen LogP contribution in [0.1, 0.15) is 20.7 Å². The zero-order valence-corrected chi connectivity index (χ0v) is 14.0. The van der Waals surface area contributed by atoms with Crippen LogP contribution in [0.25, 0.3) is 0 Å². The van der Waals surface area contributed by atoms with Gasteiger partial charge in [0, 0.05) is 0 Å². The fourth-order valence-corrected chi connectivity index (χ4v) is 2.18. The fraction of sp³-hybridized carbons (Fsp3) is 0.385. The highest BCUT2D eigenvalue weighted by Gasteiger charge is 2.25. The molecular formula is C13H16Cl2O4Si. The summed E-state index contributed by atoms with van der Waals surface area (Å²) >= 11 is 11.0. The van der Waals surface area contributed by atoms with Gasteiger partial charge in [-0.3, -0.25) is 0 Å². The summed E-state index contributed by atoms with van der Waals surface area (Å²) in [4.78, 5) is 23.2. The maximum atomic E-state index is 12.1. The molecule has 4 nitrogen and oxygen atoms in total. The predicted molar refractivity (Wildman–Crippen MR) is 81.0 cm³/mol. The highest BCUT2D eigenvalue weighted by Crippen LogP contribution is 2.15. The van der Waals surface area contributed by atoms with E-state index in [1.54, 1.807) is 12.1 Å². The second-order valence-electron chi connectivity index (χ2n) is 5.04. The topological polar surface area (TPSA) is 52.6 Å². The maximum Gasteiger partial charge on any atom is 0.339 e. The lowest BCUT2D eigenvalue weighted by atomic mass is 10.1. The summed E-state index contributed by atoms with van der Waals surface area (Å²) < 4.78 is 10.3. The highest BCUT2D eigenvalue weighted by molar-refractivity contribution is 6.71. The fourth-order valence-electron chi connectivity index (χ4n) is 1.39. The van der Waals surface area contributed by atoms with Crippen LogP contribution in [0.5, 0.6) is 0 Å². The number of halogens is 2. The molecular weight excluding hydrogens is 319 g/mol. The number of carbonyl (C=O) groups excluding carboxylic acids is 2. The summed E-state index contributed by atoms with van der Waals surface area (Å²) in [7, 11) is -2.04. The Morgan fingerprint density at radius 1 is 1.10 bits per heavy atom. The average molecular weight is 335 g/mol. The van der Waals surface area contributed by atoms with Gasteiger partial charge in [-0.25, -0.2) is 9.59 Å². The Morgan fingerprint density at radius 3 is 2.05 bits per heavy atom. The molecule has 0 atom stereocenters.